The molecule has 1 aliphatic heterocycles. The molecule has 0 saturated carbocycles. The van der Waals surface area contributed by atoms with Crippen molar-refractivity contribution in [1.82, 2.24) is 15.0 Å². The minimum absolute atomic E-state index is 0.296. The molecule has 2 unspecified atom stereocenters. The van der Waals surface area contributed by atoms with Gasteiger partial charge in [-0.15, -0.1) is 0 Å². The molecule has 3 heterocycles. The van der Waals surface area contributed by atoms with Crippen molar-refractivity contribution in [3.8, 4) is 11.4 Å². The van der Waals surface area contributed by atoms with Crippen LogP contribution in [0.5, 0.6) is 0 Å². The Morgan fingerprint density at radius 1 is 0.733 bits per heavy atom. The van der Waals surface area contributed by atoms with Crippen molar-refractivity contribution >= 4 is 22.5 Å². The van der Waals surface area contributed by atoms with Crippen LogP contribution in [0.4, 0.5) is 11.6 Å². The molecular formula is C25H25N5. The van der Waals surface area contributed by atoms with Crippen LogP contribution in [-0.2, 0) is 0 Å². The average molecular weight is 396 g/mol. The molecule has 150 valence electrons. The first kappa shape index (κ1) is 18.6. The molecule has 1 fully saturated rings. The smallest absolute Gasteiger partial charge is 0.162 e. The molecule has 0 bridgehead atoms. The number of fused-ring (bicyclic) bond motifs is 1. The highest BCUT2D eigenvalue weighted by Crippen LogP contribution is 2.32. The van der Waals surface area contributed by atoms with Gasteiger partial charge in [0.1, 0.15) is 11.6 Å². The van der Waals surface area contributed by atoms with Crippen LogP contribution in [-0.4, -0.2) is 40.1 Å². The summed E-state index contributed by atoms with van der Waals surface area (Å²) in [6.07, 6.45) is 1.86. The third-order valence-corrected chi connectivity index (χ3v) is 5.82. The normalized spacial score (nSPS) is 19.3. The summed E-state index contributed by atoms with van der Waals surface area (Å²) in [5.74, 6) is 2.82. The minimum atomic E-state index is 0.296. The zero-order valence-corrected chi connectivity index (χ0v) is 17.3. The van der Waals surface area contributed by atoms with Crippen LogP contribution in [0.2, 0.25) is 0 Å². The van der Waals surface area contributed by atoms with Gasteiger partial charge in [-0.05, 0) is 38.1 Å². The largest absolute Gasteiger partial charge is 0.350 e. The first-order chi connectivity index (χ1) is 14.7. The molecule has 5 nitrogen and oxygen atoms in total. The molecule has 0 aliphatic carbocycles. The Bertz CT molecular complexity index is 1150. The molecule has 1 saturated heterocycles. The van der Waals surface area contributed by atoms with E-state index in [0.717, 1.165) is 47.0 Å². The van der Waals surface area contributed by atoms with E-state index in [1.165, 1.54) is 0 Å². The number of hydrogen-bond donors (Lipinski definition) is 0. The zero-order chi connectivity index (χ0) is 20.5. The van der Waals surface area contributed by atoms with Crippen molar-refractivity contribution in [1.29, 1.82) is 0 Å². The number of anilines is 2. The van der Waals surface area contributed by atoms with Crippen LogP contribution in [0.25, 0.3) is 22.3 Å². The lowest BCUT2D eigenvalue weighted by Gasteiger charge is -2.45. The summed E-state index contributed by atoms with van der Waals surface area (Å²) in [5, 5.41) is 1.10. The van der Waals surface area contributed by atoms with E-state index in [1.807, 2.05) is 36.5 Å². The van der Waals surface area contributed by atoms with E-state index in [9.17, 15) is 0 Å². The molecule has 0 N–H and O–H groups in total. The summed E-state index contributed by atoms with van der Waals surface area (Å²) in [7, 11) is 0. The second-order valence-corrected chi connectivity index (χ2v) is 7.94. The monoisotopic (exact) mass is 395 g/mol. The Morgan fingerprint density at radius 2 is 1.43 bits per heavy atom. The molecule has 0 amide bonds. The highest BCUT2D eigenvalue weighted by atomic mass is 15.3. The number of nitrogens with zero attached hydrogens (tertiary/aromatic N) is 5. The summed E-state index contributed by atoms with van der Waals surface area (Å²) >= 11 is 0. The summed E-state index contributed by atoms with van der Waals surface area (Å²) in [6, 6.07) is 25.3. The standard InChI is InChI=1S/C25H25N5/c1-18-17-30(19(2)16-29(18)23-14-8-9-15-26-23)25-21-12-6-7-13-22(21)27-24(28-25)20-10-4-3-5-11-20/h3-15,18-19H,16-17H2,1-2H3. The zero-order valence-electron chi connectivity index (χ0n) is 17.3. The van der Waals surface area contributed by atoms with E-state index in [2.05, 4.69) is 71.1 Å². The number of rotatable bonds is 3. The van der Waals surface area contributed by atoms with Gasteiger partial charge < -0.3 is 9.80 Å². The van der Waals surface area contributed by atoms with Gasteiger partial charge in [-0.1, -0.05) is 48.5 Å². The Labute approximate surface area is 177 Å². The first-order valence-corrected chi connectivity index (χ1v) is 10.5. The van der Waals surface area contributed by atoms with Crippen LogP contribution < -0.4 is 9.80 Å². The number of para-hydroxylation sites is 1. The molecule has 4 aromatic rings. The quantitative estimate of drug-likeness (QED) is 0.499. The minimum Gasteiger partial charge on any atom is -0.350 e. The van der Waals surface area contributed by atoms with Crippen molar-refractivity contribution in [2.24, 2.45) is 0 Å². The van der Waals surface area contributed by atoms with Crippen molar-refractivity contribution in [2.75, 3.05) is 22.9 Å². The summed E-state index contributed by atoms with van der Waals surface area (Å²) in [6.45, 7) is 6.31. The fourth-order valence-electron chi connectivity index (χ4n) is 4.26. The topological polar surface area (TPSA) is 45.2 Å². The Hall–Kier alpha value is -3.47. The average Bonchev–Trinajstić information content (AvgIpc) is 2.81. The number of benzene rings is 2. The molecule has 0 radical (unpaired) electrons. The van der Waals surface area contributed by atoms with Crippen molar-refractivity contribution < 1.29 is 0 Å². The molecule has 1 aliphatic rings. The Balaban J connectivity index is 1.56. The van der Waals surface area contributed by atoms with Crippen LogP contribution in [0.3, 0.4) is 0 Å². The van der Waals surface area contributed by atoms with Crippen molar-refractivity contribution in [3.05, 3.63) is 79.0 Å². The highest BCUT2D eigenvalue weighted by Gasteiger charge is 2.31. The number of piperazine rings is 1. The SMILES string of the molecule is CC1CN(c2nc(-c3ccccc3)nc3ccccc23)C(C)CN1c1ccccn1. The van der Waals surface area contributed by atoms with E-state index >= 15 is 0 Å². The Morgan fingerprint density at radius 3 is 2.23 bits per heavy atom. The summed E-state index contributed by atoms with van der Waals surface area (Å²) in [5.41, 5.74) is 2.02. The van der Waals surface area contributed by atoms with Gasteiger partial charge >= 0.3 is 0 Å². The lowest BCUT2D eigenvalue weighted by atomic mass is 10.1. The van der Waals surface area contributed by atoms with Crippen molar-refractivity contribution in [3.63, 3.8) is 0 Å². The molecule has 2 aromatic heterocycles. The van der Waals surface area contributed by atoms with Crippen LogP contribution in [0.15, 0.2) is 79.0 Å². The number of pyridine rings is 1. The van der Waals surface area contributed by atoms with Gasteiger partial charge in [-0.2, -0.15) is 0 Å². The maximum absolute atomic E-state index is 5.06. The molecule has 2 aromatic carbocycles. The number of aromatic nitrogens is 3. The van der Waals surface area contributed by atoms with Gasteiger partial charge in [0.05, 0.1) is 5.52 Å². The van der Waals surface area contributed by atoms with Crippen molar-refractivity contribution in [2.45, 2.75) is 25.9 Å². The Kier molecular flexibility index (Phi) is 4.79. The van der Waals surface area contributed by atoms with E-state index in [-0.39, 0.29) is 0 Å². The van der Waals surface area contributed by atoms with Crippen LogP contribution >= 0.6 is 0 Å². The molecule has 5 rings (SSSR count). The lowest BCUT2D eigenvalue weighted by Crippen LogP contribution is -2.57. The van der Waals surface area contributed by atoms with Crippen LogP contribution in [0.1, 0.15) is 13.8 Å². The van der Waals surface area contributed by atoms with Gasteiger partial charge in [0.15, 0.2) is 5.82 Å². The summed E-state index contributed by atoms with van der Waals surface area (Å²) in [4.78, 5) is 19.3. The third-order valence-electron chi connectivity index (χ3n) is 5.82. The molecule has 5 heteroatoms. The molecule has 0 spiro atoms. The molecular weight excluding hydrogens is 370 g/mol. The fraction of sp³-hybridized carbons (Fsp3) is 0.240. The molecule has 2 atom stereocenters. The second kappa shape index (κ2) is 7.75. The maximum atomic E-state index is 5.06. The van der Waals surface area contributed by atoms with E-state index in [1.54, 1.807) is 0 Å². The first-order valence-electron chi connectivity index (χ1n) is 10.5. The van der Waals surface area contributed by atoms with E-state index < -0.39 is 0 Å². The van der Waals surface area contributed by atoms with E-state index in [0.29, 0.717) is 12.1 Å². The lowest BCUT2D eigenvalue weighted by molar-refractivity contribution is 0.475. The number of hydrogen-bond acceptors (Lipinski definition) is 5. The highest BCUT2D eigenvalue weighted by molar-refractivity contribution is 5.91. The molecule has 30 heavy (non-hydrogen) atoms. The fourth-order valence-corrected chi connectivity index (χ4v) is 4.26. The predicted octanol–water partition coefficient (Wildman–Crippen LogP) is 4.80. The van der Waals surface area contributed by atoms with Crippen LogP contribution in [0, 0.1) is 0 Å². The summed E-state index contributed by atoms with van der Waals surface area (Å²) < 4.78 is 0. The maximum Gasteiger partial charge on any atom is 0.162 e. The third kappa shape index (κ3) is 3.36. The van der Waals surface area contributed by atoms with Gasteiger partial charge in [0, 0.05) is 42.3 Å². The van der Waals surface area contributed by atoms with Gasteiger partial charge in [-0.25, -0.2) is 15.0 Å². The second-order valence-electron chi connectivity index (χ2n) is 7.94. The van der Waals surface area contributed by atoms with Gasteiger partial charge in [-0.3, -0.25) is 0 Å². The van der Waals surface area contributed by atoms with Gasteiger partial charge in [0.2, 0.25) is 0 Å². The van der Waals surface area contributed by atoms with E-state index in [4.69, 9.17) is 9.97 Å². The predicted molar refractivity (Wildman–Crippen MR) is 123 cm³/mol. The van der Waals surface area contributed by atoms with Gasteiger partial charge in [0.25, 0.3) is 0 Å².